The Morgan fingerprint density at radius 3 is 1.33 bits per heavy atom. The fourth-order valence-electron chi connectivity index (χ4n) is 2.79. The maximum atomic E-state index is 12.0. The first-order valence-corrected chi connectivity index (χ1v) is 7.04. The van der Waals surface area contributed by atoms with Crippen molar-refractivity contribution < 1.29 is 4.79 Å². The van der Waals surface area contributed by atoms with Crippen LogP contribution in [0, 0.1) is 11.8 Å². The second-order valence-electron chi connectivity index (χ2n) is 7.54. The van der Waals surface area contributed by atoms with Gasteiger partial charge in [-0.1, -0.05) is 27.7 Å². The predicted octanol–water partition coefficient (Wildman–Crippen LogP) is 3.94. The molecule has 0 aliphatic rings. The molecule has 0 atom stereocenters. The van der Waals surface area contributed by atoms with E-state index >= 15 is 0 Å². The molecule has 0 aliphatic heterocycles. The first-order chi connectivity index (χ1) is 7.93. The molecule has 108 valence electrons. The van der Waals surface area contributed by atoms with E-state index in [2.05, 4.69) is 66.0 Å². The third kappa shape index (κ3) is 8.37. The molecular formula is C15H32N2O. The number of urea groups is 1. The minimum Gasteiger partial charge on any atom is -0.333 e. The van der Waals surface area contributed by atoms with Gasteiger partial charge in [0.15, 0.2) is 0 Å². The van der Waals surface area contributed by atoms with E-state index in [0.29, 0.717) is 11.8 Å². The van der Waals surface area contributed by atoms with Crippen LogP contribution in [0.2, 0.25) is 0 Å². The number of amides is 2. The Morgan fingerprint density at radius 1 is 0.833 bits per heavy atom. The van der Waals surface area contributed by atoms with Gasteiger partial charge in [-0.3, -0.25) is 0 Å². The zero-order chi connectivity index (χ0) is 14.6. The van der Waals surface area contributed by atoms with Crippen LogP contribution in [-0.4, -0.2) is 17.1 Å². The average molecular weight is 256 g/mol. The Hall–Kier alpha value is -0.730. The first kappa shape index (κ1) is 17.3. The van der Waals surface area contributed by atoms with Gasteiger partial charge in [0.25, 0.3) is 0 Å². The van der Waals surface area contributed by atoms with Gasteiger partial charge >= 0.3 is 6.03 Å². The zero-order valence-electron chi connectivity index (χ0n) is 13.5. The maximum absolute atomic E-state index is 12.0. The second kappa shape index (κ2) is 6.44. The number of carbonyl (C=O) groups is 1. The minimum absolute atomic E-state index is 0.0636. The summed E-state index contributed by atoms with van der Waals surface area (Å²) in [6.45, 7) is 17.0. The van der Waals surface area contributed by atoms with E-state index in [1.165, 1.54) is 0 Å². The van der Waals surface area contributed by atoms with Gasteiger partial charge in [0.2, 0.25) is 0 Å². The topological polar surface area (TPSA) is 41.1 Å². The lowest BCUT2D eigenvalue weighted by molar-refractivity contribution is 0.209. The van der Waals surface area contributed by atoms with Gasteiger partial charge in [0.1, 0.15) is 0 Å². The molecule has 2 amide bonds. The Bertz CT molecular complexity index is 242. The average Bonchev–Trinajstić information content (AvgIpc) is 1.92. The van der Waals surface area contributed by atoms with E-state index < -0.39 is 0 Å². The highest BCUT2D eigenvalue weighted by molar-refractivity contribution is 5.75. The fourth-order valence-corrected chi connectivity index (χ4v) is 2.79. The normalized spacial score (nSPS) is 13.0. The summed E-state index contributed by atoms with van der Waals surface area (Å²) in [7, 11) is 0. The summed E-state index contributed by atoms with van der Waals surface area (Å²) in [5.41, 5.74) is -0.321. The molecule has 0 aromatic rings. The lowest BCUT2D eigenvalue weighted by atomic mass is 9.92. The quantitative estimate of drug-likeness (QED) is 0.742. The molecule has 0 aromatic carbocycles. The van der Waals surface area contributed by atoms with E-state index in [9.17, 15) is 4.79 Å². The Morgan fingerprint density at radius 2 is 1.11 bits per heavy atom. The van der Waals surface area contributed by atoms with Crippen LogP contribution in [0.1, 0.15) is 68.2 Å². The molecular weight excluding hydrogens is 224 g/mol. The van der Waals surface area contributed by atoms with Gasteiger partial charge in [-0.15, -0.1) is 0 Å². The number of nitrogens with one attached hydrogen (secondary N) is 2. The van der Waals surface area contributed by atoms with Gasteiger partial charge in [-0.25, -0.2) is 4.79 Å². The molecule has 0 aromatic heterocycles. The van der Waals surface area contributed by atoms with Gasteiger partial charge in [-0.2, -0.15) is 0 Å². The Kier molecular flexibility index (Phi) is 6.18. The second-order valence-corrected chi connectivity index (χ2v) is 7.54. The summed E-state index contributed by atoms with van der Waals surface area (Å²) in [5, 5.41) is 6.13. The monoisotopic (exact) mass is 256 g/mol. The molecule has 0 radical (unpaired) electrons. The van der Waals surface area contributed by atoms with Gasteiger partial charge in [0, 0.05) is 11.1 Å². The lowest BCUT2D eigenvalue weighted by Crippen LogP contribution is -2.54. The fraction of sp³-hybridized carbons (Fsp3) is 0.933. The molecule has 0 aliphatic carbocycles. The molecule has 0 saturated carbocycles. The SMILES string of the molecule is CC(C)CC(C)(C)NC(=O)NC(C)(C)CC(C)C. The molecule has 0 fully saturated rings. The van der Waals surface area contributed by atoms with Crippen molar-refractivity contribution in [3.05, 3.63) is 0 Å². The van der Waals surface area contributed by atoms with Crippen LogP contribution in [0.3, 0.4) is 0 Å². The molecule has 3 nitrogen and oxygen atoms in total. The van der Waals surface area contributed by atoms with Crippen molar-refractivity contribution in [1.82, 2.24) is 10.6 Å². The highest BCUT2D eigenvalue weighted by Gasteiger charge is 2.26. The van der Waals surface area contributed by atoms with Crippen molar-refractivity contribution >= 4 is 6.03 Å². The summed E-state index contributed by atoms with van der Waals surface area (Å²) in [5.74, 6) is 1.15. The van der Waals surface area contributed by atoms with Crippen LogP contribution in [-0.2, 0) is 0 Å². The van der Waals surface area contributed by atoms with Crippen molar-refractivity contribution in [2.75, 3.05) is 0 Å². The molecule has 0 rings (SSSR count). The predicted molar refractivity (Wildman–Crippen MR) is 78.7 cm³/mol. The number of hydrogen-bond acceptors (Lipinski definition) is 1. The number of carbonyl (C=O) groups excluding carboxylic acids is 1. The highest BCUT2D eigenvalue weighted by Crippen LogP contribution is 2.17. The van der Waals surface area contributed by atoms with Crippen molar-refractivity contribution in [2.45, 2.75) is 79.3 Å². The Balaban J connectivity index is 4.34. The molecule has 0 spiro atoms. The van der Waals surface area contributed by atoms with Crippen molar-refractivity contribution in [1.29, 1.82) is 0 Å². The van der Waals surface area contributed by atoms with Crippen LogP contribution < -0.4 is 10.6 Å². The van der Waals surface area contributed by atoms with Crippen molar-refractivity contribution in [2.24, 2.45) is 11.8 Å². The smallest absolute Gasteiger partial charge is 0.315 e. The summed E-state index contributed by atoms with van der Waals surface area (Å²) in [6.07, 6.45) is 1.95. The molecule has 3 heteroatoms. The molecule has 0 bridgehead atoms. The molecule has 0 heterocycles. The summed E-state index contributed by atoms with van der Waals surface area (Å²) < 4.78 is 0. The number of rotatable bonds is 6. The standard InChI is InChI=1S/C15H32N2O/c1-11(2)9-14(5,6)16-13(18)17-15(7,8)10-12(3)4/h11-12H,9-10H2,1-8H3,(H2,16,17,18). The highest BCUT2D eigenvalue weighted by atomic mass is 16.2. The lowest BCUT2D eigenvalue weighted by Gasteiger charge is -2.33. The minimum atomic E-state index is -0.161. The van der Waals surface area contributed by atoms with Gasteiger partial charge in [0.05, 0.1) is 0 Å². The van der Waals surface area contributed by atoms with E-state index in [1.54, 1.807) is 0 Å². The van der Waals surface area contributed by atoms with Crippen LogP contribution in [0.4, 0.5) is 4.79 Å². The summed E-state index contributed by atoms with van der Waals surface area (Å²) in [4.78, 5) is 12.0. The molecule has 2 N–H and O–H groups in total. The largest absolute Gasteiger partial charge is 0.333 e. The Labute approximate surface area is 113 Å². The zero-order valence-corrected chi connectivity index (χ0v) is 13.5. The van der Waals surface area contributed by atoms with Crippen molar-refractivity contribution in [3.8, 4) is 0 Å². The van der Waals surface area contributed by atoms with Crippen LogP contribution in [0.25, 0.3) is 0 Å². The molecule has 0 saturated heterocycles. The third-order valence-corrected chi connectivity index (χ3v) is 2.74. The van der Waals surface area contributed by atoms with Crippen molar-refractivity contribution in [3.63, 3.8) is 0 Å². The molecule has 18 heavy (non-hydrogen) atoms. The van der Waals surface area contributed by atoms with Crippen LogP contribution >= 0.6 is 0 Å². The van der Waals surface area contributed by atoms with Gasteiger partial charge in [-0.05, 0) is 52.4 Å². The van der Waals surface area contributed by atoms with Crippen LogP contribution in [0.5, 0.6) is 0 Å². The number of hydrogen-bond donors (Lipinski definition) is 2. The summed E-state index contributed by atoms with van der Waals surface area (Å²) in [6, 6.07) is -0.0636. The van der Waals surface area contributed by atoms with Crippen LogP contribution in [0.15, 0.2) is 0 Å². The third-order valence-electron chi connectivity index (χ3n) is 2.74. The van der Waals surface area contributed by atoms with E-state index in [-0.39, 0.29) is 17.1 Å². The maximum Gasteiger partial charge on any atom is 0.315 e. The van der Waals surface area contributed by atoms with E-state index in [4.69, 9.17) is 0 Å². The van der Waals surface area contributed by atoms with Gasteiger partial charge < -0.3 is 10.6 Å². The summed E-state index contributed by atoms with van der Waals surface area (Å²) >= 11 is 0. The van der Waals surface area contributed by atoms with E-state index in [1.807, 2.05) is 0 Å². The first-order valence-electron chi connectivity index (χ1n) is 7.04. The molecule has 0 unspecified atom stereocenters. The van der Waals surface area contributed by atoms with E-state index in [0.717, 1.165) is 12.8 Å².